The lowest BCUT2D eigenvalue weighted by Crippen LogP contribution is -2.29. The van der Waals surface area contributed by atoms with Gasteiger partial charge in [0, 0.05) is 12.4 Å². The minimum absolute atomic E-state index is 0.0425. The summed E-state index contributed by atoms with van der Waals surface area (Å²) in [6.07, 6.45) is 24.5. The van der Waals surface area contributed by atoms with Gasteiger partial charge in [-0.1, -0.05) is 271 Å². The van der Waals surface area contributed by atoms with Gasteiger partial charge in [-0.15, -0.1) is 11.8 Å². The number of allylic oxidation sites excluding steroid dienone is 10. The van der Waals surface area contributed by atoms with Crippen molar-refractivity contribution in [2.24, 2.45) is 5.84 Å². The third-order valence-electron chi connectivity index (χ3n) is 9.12. The second-order valence-corrected chi connectivity index (χ2v) is 13.6. The van der Waals surface area contributed by atoms with Crippen LogP contribution in [0.5, 0.6) is 0 Å². The van der Waals surface area contributed by atoms with Crippen LogP contribution in [0.4, 0.5) is 0 Å². The van der Waals surface area contributed by atoms with Gasteiger partial charge in [0.15, 0.2) is 0 Å². The Kier molecular flexibility index (Phi) is 32.9. The number of nitrogens with two attached hydrogens (primary N) is 1. The number of hydrazine groups is 1. The molecule has 1 aliphatic carbocycles. The highest BCUT2D eigenvalue weighted by molar-refractivity contribution is 5.72. The molecule has 1 atom stereocenters. The number of benzene rings is 4. The van der Waals surface area contributed by atoms with Crippen LogP contribution in [-0.2, 0) is 0 Å². The summed E-state index contributed by atoms with van der Waals surface area (Å²) in [5, 5.41) is 0. The zero-order valence-electron chi connectivity index (χ0n) is 41.2. The van der Waals surface area contributed by atoms with E-state index >= 15 is 0 Å². The highest BCUT2D eigenvalue weighted by atomic mass is 15.2. The molecule has 1 unspecified atom stereocenters. The molecule has 0 radical (unpaired) electrons. The molecule has 1 heterocycles. The van der Waals surface area contributed by atoms with E-state index < -0.39 is 0 Å². The molecule has 0 aliphatic heterocycles. The topological polar surface area (TPSA) is 53.8 Å². The fourth-order valence-electron chi connectivity index (χ4n) is 5.89. The van der Waals surface area contributed by atoms with Crippen molar-refractivity contribution in [3.8, 4) is 45.2 Å². The van der Waals surface area contributed by atoms with E-state index in [1.165, 1.54) is 44.5 Å². The summed E-state index contributed by atoms with van der Waals surface area (Å²) in [6, 6.07) is 58.6. The zero-order chi connectivity index (χ0) is 48.5. The average molecular weight is 874 g/mol. The lowest BCUT2D eigenvalue weighted by atomic mass is 9.98. The number of hydrogen-bond acceptors (Lipinski definition) is 2. The molecule has 0 saturated carbocycles. The van der Waals surface area contributed by atoms with E-state index in [0.717, 1.165) is 11.1 Å². The van der Waals surface area contributed by atoms with Gasteiger partial charge in [0.25, 0.3) is 0 Å². The van der Waals surface area contributed by atoms with Crippen molar-refractivity contribution in [1.82, 2.24) is 10.4 Å². The van der Waals surface area contributed by atoms with E-state index in [1.807, 2.05) is 147 Å². The van der Waals surface area contributed by atoms with E-state index in [4.69, 9.17) is 5.84 Å². The molecular weight excluding hydrogens is 799 g/mol. The van der Waals surface area contributed by atoms with Crippen LogP contribution in [0.25, 0.3) is 33.4 Å². The van der Waals surface area contributed by atoms with Crippen molar-refractivity contribution >= 4 is 0 Å². The van der Waals surface area contributed by atoms with Gasteiger partial charge in [-0.3, -0.25) is 5.84 Å². The summed E-state index contributed by atoms with van der Waals surface area (Å²) in [5.41, 5.74) is 14.9. The maximum absolute atomic E-state index is 5.78. The van der Waals surface area contributed by atoms with Crippen molar-refractivity contribution in [1.29, 1.82) is 0 Å². The molecular formula is C63H75N3. The van der Waals surface area contributed by atoms with Crippen molar-refractivity contribution in [2.45, 2.75) is 75.3 Å². The molecule has 6 aromatic rings. The smallest absolute Gasteiger partial charge is 0.0710 e. The van der Waals surface area contributed by atoms with Gasteiger partial charge in [-0.25, -0.2) is 5.43 Å². The summed E-state index contributed by atoms with van der Waals surface area (Å²) in [4.78, 5) is 3.13. The van der Waals surface area contributed by atoms with E-state index in [0.29, 0.717) is 0 Å². The standard InChI is InChI=1S/C26H21N.C20H22N2.C7H8.C4H6.3C2H6/c1-3-9-21(10-4-1)22-11-5-2-6-12-23(14-7-13-22)24-15-8-16-25(19-24)26-17-18-27-20-26;1-17-11-5-2-3-6-13-19(16-10-9-12-17)20(22-21)18-14-7-4-8-15-18;1-7-5-3-2-4-6-7;1-3-4-2;3*1-2/h1-20,27H;2-16,20,22H,21H2,1H3;2-6H,1H3;1-2H3;3*1-2H3/b;3-2+,5-2?,6-3?,10-9-,11-5+,12-9?,13-6-,16-10?,17-11?,17-12-,19-13?,19-16+;;;;;. The number of aromatic nitrogens is 1. The molecule has 0 fully saturated rings. The van der Waals surface area contributed by atoms with Gasteiger partial charge in [0.2, 0.25) is 0 Å². The third-order valence-corrected chi connectivity index (χ3v) is 9.12. The van der Waals surface area contributed by atoms with Gasteiger partial charge in [0.1, 0.15) is 0 Å². The van der Waals surface area contributed by atoms with Crippen molar-refractivity contribution in [3.05, 3.63) is 265 Å². The highest BCUT2D eigenvalue weighted by Crippen LogP contribution is 2.26. The van der Waals surface area contributed by atoms with E-state index in [2.05, 4.69) is 188 Å². The average Bonchev–Trinajstić information content (AvgIpc) is 3.94. The monoisotopic (exact) mass is 874 g/mol. The normalized spacial score (nSPS) is 14.6. The van der Waals surface area contributed by atoms with Crippen LogP contribution in [0.2, 0.25) is 0 Å². The largest absolute Gasteiger partial charge is 0.367 e. The number of aryl methyl sites for hydroxylation is 1. The molecule has 0 spiro atoms. The fourth-order valence-corrected chi connectivity index (χ4v) is 5.89. The Morgan fingerprint density at radius 1 is 0.439 bits per heavy atom. The first-order valence-electron chi connectivity index (χ1n) is 23.2. The van der Waals surface area contributed by atoms with Gasteiger partial charge < -0.3 is 4.98 Å². The summed E-state index contributed by atoms with van der Waals surface area (Å²) >= 11 is 0. The Bertz CT molecular complexity index is 2430. The van der Waals surface area contributed by atoms with Gasteiger partial charge >= 0.3 is 0 Å². The van der Waals surface area contributed by atoms with Crippen LogP contribution in [-0.4, -0.2) is 4.98 Å². The second kappa shape index (κ2) is 38.3. The minimum atomic E-state index is -0.0425. The summed E-state index contributed by atoms with van der Waals surface area (Å²) in [7, 11) is 0. The van der Waals surface area contributed by atoms with Crippen LogP contribution < -0.4 is 11.3 Å². The molecule has 66 heavy (non-hydrogen) atoms. The summed E-state index contributed by atoms with van der Waals surface area (Å²) in [6.45, 7) is 19.8. The lowest BCUT2D eigenvalue weighted by Gasteiger charge is -2.17. The minimum Gasteiger partial charge on any atom is -0.367 e. The molecule has 3 nitrogen and oxygen atoms in total. The number of nitrogens with one attached hydrogen (secondary N) is 2. The number of rotatable bonds is 6. The quantitative estimate of drug-likeness (QED) is 0.0887. The van der Waals surface area contributed by atoms with Crippen LogP contribution in [0.1, 0.15) is 79.5 Å². The molecule has 0 amide bonds. The molecule has 1 aromatic heterocycles. The Labute approximate surface area is 400 Å². The van der Waals surface area contributed by atoms with Crippen molar-refractivity contribution < 1.29 is 0 Å². The summed E-state index contributed by atoms with van der Waals surface area (Å²) in [5.74, 6) is 11.1. The predicted octanol–water partition coefficient (Wildman–Crippen LogP) is 17.5. The molecule has 1 aliphatic rings. The highest BCUT2D eigenvalue weighted by Gasteiger charge is 2.12. The Morgan fingerprint density at radius 3 is 1.32 bits per heavy atom. The number of aromatic amines is 1. The molecule has 4 N–H and O–H groups in total. The van der Waals surface area contributed by atoms with Gasteiger partial charge in [0.05, 0.1) is 6.04 Å². The van der Waals surface area contributed by atoms with Crippen LogP contribution in [0.15, 0.2) is 254 Å². The first-order chi connectivity index (χ1) is 32.5. The van der Waals surface area contributed by atoms with Crippen LogP contribution in [0, 0.1) is 18.8 Å². The fraction of sp³-hybridized carbons (Fsp3) is 0.175. The maximum atomic E-state index is 5.78. The Hall–Kier alpha value is -7.22. The third kappa shape index (κ3) is 23.5. The van der Waals surface area contributed by atoms with Crippen molar-refractivity contribution in [2.75, 3.05) is 0 Å². The summed E-state index contributed by atoms with van der Waals surface area (Å²) < 4.78 is 0. The zero-order valence-corrected chi connectivity index (χ0v) is 41.2. The first-order valence-corrected chi connectivity index (χ1v) is 23.2. The molecule has 5 aromatic carbocycles. The number of H-pyrrole nitrogens is 1. The van der Waals surface area contributed by atoms with E-state index in [1.54, 1.807) is 0 Å². The van der Waals surface area contributed by atoms with Gasteiger partial charge in [-0.05, 0) is 84.3 Å². The van der Waals surface area contributed by atoms with Gasteiger partial charge in [-0.2, -0.15) is 0 Å². The van der Waals surface area contributed by atoms with Crippen LogP contribution >= 0.6 is 0 Å². The Morgan fingerprint density at radius 2 is 0.864 bits per heavy atom. The maximum Gasteiger partial charge on any atom is 0.0710 e. The first kappa shape index (κ1) is 56.8. The van der Waals surface area contributed by atoms with Crippen molar-refractivity contribution in [3.63, 3.8) is 0 Å². The second-order valence-electron chi connectivity index (χ2n) is 13.6. The van der Waals surface area contributed by atoms with Crippen LogP contribution in [0.3, 0.4) is 0 Å². The molecule has 3 heteroatoms. The predicted molar refractivity (Wildman–Crippen MR) is 294 cm³/mol. The molecule has 7 rings (SSSR count). The lowest BCUT2D eigenvalue weighted by molar-refractivity contribution is 0.636. The molecule has 342 valence electrons. The van der Waals surface area contributed by atoms with E-state index in [-0.39, 0.29) is 6.04 Å². The molecule has 0 bridgehead atoms. The number of hydrogen-bond donors (Lipinski definition) is 3. The Balaban J connectivity index is 0.000000497. The molecule has 0 saturated heterocycles. The SMILES string of the molecule is CC.CC.CC.CC#CC.CC1=C/C=C\C=C(C(NN)c2ccccc2)/C=C\C=C\C=C\1.Cc1ccccc1.c1ccc(-c2cccccc(-c3cccc(-c4cc[nH]c4)c3)ccc2)cc1. The van der Waals surface area contributed by atoms with E-state index in [9.17, 15) is 0 Å².